The van der Waals surface area contributed by atoms with Crippen LogP contribution in [-0.2, 0) is 17.6 Å². The van der Waals surface area contributed by atoms with Crippen molar-refractivity contribution in [2.75, 3.05) is 5.32 Å². The number of amidine groups is 1. The third-order valence-corrected chi connectivity index (χ3v) is 3.55. The molecule has 0 aliphatic rings. The summed E-state index contributed by atoms with van der Waals surface area (Å²) in [6.07, 6.45) is 1.65. The van der Waals surface area contributed by atoms with E-state index in [1.165, 1.54) is 0 Å². The number of anilines is 1. The summed E-state index contributed by atoms with van der Waals surface area (Å²) >= 11 is 0. The molecule has 1 rings (SSSR count). The Hall–Kier alpha value is -2.04. The zero-order valence-corrected chi connectivity index (χ0v) is 12.5. The highest BCUT2D eigenvalue weighted by atomic mass is 16.4. The molecular weight excluding hydrogens is 254 g/mol. The lowest BCUT2D eigenvalue weighted by Gasteiger charge is -2.24. The summed E-state index contributed by atoms with van der Waals surface area (Å²) in [5.41, 5.74) is 7.51. The third-order valence-electron chi connectivity index (χ3n) is 3.55. The minimum absolute atomic E-state index is 0.109. The van der Waals surface area contributed by atoms with Gasteiger partial charge in [0, 0.05) is 5.69 Å². The first kappa shape index (κ1) is 16.0. The fraction of sp³-hybridized carbons (Fsp3) is 0.467. The number of amides is 1. The zero-order chi connectivity index (χ0) is 15.3. The number of carbonyl (C=O) groups is 1. The molecule has 0 aromatic heterocycles. The van der Waals surface area contributed by atoms with Crippen molar-refractivity contribution in [1.29, 1.82) is 0 Å². The van der Waals surface area contributed by atoms with Crippen LogP contribution in [0.2, 0.25) is 0 Å². The predicted molar refractivity (Wildman–Crippen MR) is 81.0 cm³/mol. The minimum Gasteiger partial charge on any atom is -0.409 e. The van der Waals surface area contributed by atoms with E-state index in [0.717, 1.165) is 29.7 Å². The van der Waals surface area contributed by atoms with Crippen LogP contribution in [0.15, 0.2) is 23.4 Å². The summed E-state index contributed by atoms with van der Waals surface area (Å²) in [6, 6.07) is 5.97. The summed E-state index contributed by atoms with van der Waals surface area (Å²) in [6.45, 7) is 7.33. The number of benzene rings is 1. The van der Waals surface area contributed by atoms with Crippen molar-refractivity contribution in [3.8, 4) is 0 Å². The van der Waals surface area contributed by atoms with Gasteiger partial charge in [0.05, 0.1) is 0 Å². The smallest absolute Gasteiger partial charge is 0.237 e. The Kier molecular flexibility index (Phi) is 5.13. The van der Waals surface area contributed by atoms with Gasteiger partial charge in [-0.05, 0) is 37.8 Å². The van der Waals surface area contributed by atoms with E-state index in [0.29, 0.717) is 0 Å². The number of rotatable bonds is 5. The number of oxime groups is 1. The highest BCUT2D eigenvalue weighted by molar-refractivity contribution is 6.11. The Morgan fingerprint density at radius 3 is 2.20 bits per heavy atom. The van der Waals surface area contributed by atoms with Crippen LogP contribution in [0.5, 0.6) is 0 Å². The minimum atomic E-state index is -1.07. The molecule has 4 N–H and O–H groups in total. The number of hydrogen-bond donors (Lipinski definition) is 3. The Labute approximate surface area is 119 Å². The number of nitrogens with two attached hydrogens (primary N) is 1. The molecule has 0 saturated heterocycles. The van der Waals surface area contributed by atoms with Crippen molar-refractivity contribution in [2.24, 2.45) is 16.3 Å². The molecule has 0 saturated carbocycles. The first-order valence-corrected chi connectivity index (χ1v) is 6.78. The van der Waals surface area contributed by atoms with E-state index in [9.17, 15) is 4.79 Å². The maximum absolute atomic E-state index is 12.4. The van der Waals surface area contributed by atoms with Gasteiger partial charge >= 0.3 is 0 Å². The highest BCUT2D eigenvalue weighted by Gasteiger charge is 2.33. The van der Waals surface area contributed by atoms with Gasteiger partial charge in [-0.2, -0.15) is 0 Å². The largest absolute Gasteiger partial charge is 0.409 e. The summed E-state index contributed by atoms with van der Waals surface area (Å²) in [5, 5.41) is 14.6. The van der Waals surface area contributed by atoms with Gasteiger partial charge in [-0.15, -0.1) is 0 Å². The van der Waals surface area contributed by atoms with Crippen LogP contribution in [0.1, 0.15) is 38.8 Å². The van der Waals surface area contributed by atoms with Gasteiger partial charge in [0.1, 0.15) is 5.41 Å². The normalized spacial score (nSPS) is 12.3. The first-order chi connectivity index (χ1) is 9.38. The summed E-state index contributed by atoms with van der Waals surface area (Å²) in [7, 11) is 0. The number of carbonyl (C=O) groups excluding carboxylic acids is 1. The van der Waals surface area contributed by atoms with Crippen LogP contribution < -0.4 is 11.1 Å². The van der Waals surface area contributed by atoms with Crippen LogP contribution in [0, 0.1) is 5.41 Å². The fourth-order valence-corrected chi connectivity index (χ4v) is 1.91. The van der Waals surface area contributed by atoms with E-state index >= 15 is 0 Å². The van der Waals surface area contributed by atoms with Gasteiger partial charge in [-0.1, -0.05) is 37.2 Å². The van der Waals surface area contributed by atoms with Crippen molar-refractivity contribution < 1.29 is 10.0 Å². The van der Waals surface area contributed by atoms with Crippen molar-refractivity contribution in [3.05, 3.63) is 29.3 Å². The molecule has 5 nitrogen and oxygen atoms in total. The van der Waals surface area contributed by atoms with E-state index in [-0.39, 0.29) is 11.7 Å². The summed E-state index contributed by atoms with van der Waals surface area (Å²) < 4.78 is 0. The SMILES string of the molecule is CCc1cccc(CC)c1NC(=O)C(C)(C)C(N)=NO. The topological polar surface area (TPSA) is 87.7 Å². The molecule has 0 aliphatic carbocycles. The second-order valence-corrected chi connectivity index (χ2v) is 5.22. The number of nitrogens with one attached hydrogen (secondary N) is 1. The van der Waals surface area contributed by atoms with Crippen molar-refractivity contribution >= 4 is 17.4 Å². The van der Waals surface area contributed by atoms with E-state index in [2.05, 4.69) is 10.5 Å². The Bertz CT molecular complexity index is 500. The highest BCUT2D eigenvalue weighted by Crippen LogP contribution is 2.25. The summed E-state index contributed by atoms with van der Waals surface area (Å²) in [5.74, 6) is -0.398. The second kappa shape index (κ2) is 6.41. The number of hydrogen-bond acceptors (Lipinski definition) is 3. The van der Waals surface area contributed by atoms with Gasteiger partial charge in [-0.25, -0.2) is 0 Å². The Morgan fingerprint density at radius 2 is 1.80 bits per heavy atom. The van der Waals surface area contributed by atoms with Crippen molar-refractivity contribution in [3.63, 3.8) is 0 Å². The first-order valence-electron chi connectivity index (χ1n) is 6.78. The van der Waals surface area contributed by atoms with Gasteiger partial charge in [0.2, 0.25) is 5.91 Å². The van der Waals surface area contributed by atoms with Gasteiger partial charge in [0.25, 0.3) is 0 Å². The molecule has 0 aliphatic heterocycles. The molecule has 0 spiro atoms. The monoisotopic (exact) mass is 277 g/mol. The van der Waals surface area contributed by atoms with Crippen LogP contribution in [0.4, 0.5) is 5.69 Å². The predicted octanol–water partition coefficient (Wildman–Crippen LogP) is 2.52. The maximum Gasteiger partial charge on any atom is 0.237 e. The fourth-order valence-electron chi connectivity index (χ4n) is 1.91. The molecule has 0 fully saturated rings. The average Bonchev–Trinajstić information content (AvgIpc) is 2.46. The lowest BCUT2D eigenvalue weighted by Crippen LogP contribution is -2.42. The van der Waals surface area contributed by atoms with Gasteiger partial charge in [0.15, 0.2) is 5.84 Å². The number of para-hydroxylation sites is 1. The molecule has 5 heteroatoms. The van der Waals surface area contributed by atoms with E-state index < -0.39 is 5.41 Å². The van der Waals surface area contributed by atoms with E-state index in [1.54, 1.807) is 13.8 Å². The zero-order valence-electron chi connectivity index (χ0n) is 12.5. The molecule has 1 aromatic carbocycles. The quantitative estimate of drug-likeness (QED) is 0.334. The van der Waals surface area contributed by atoms with Crippen LogP contribution >= 0.6 is 0 Å². The molecule has 110 valence electrons. The molecule has 0 radical (unpaired) electrons. The molecule has 1 aromatic rings. The van der Waals surface area contributed by atoms with E-state index in [4.69, 9.17) is 10.9 Å². The molecule has 0 heterocycles. The van der Waals surface area contributed by atoms with Crippen molar-refractivity contribution in [1.82, 2.24) is 0 Å². The number of aryl methyl sites for hydroxylation is 2. The molecule has 1 amide bonds. The van der Waals surface area contributed by atoms with Crippen LogP contribution in [0.25, 0.3) is 0 Å². The van der Waals surface area contributed by atoms with Gasteiger partial charge in [-0.3, -0.25) is 4.79 Å². The Morgan fingerprint density at radius 1 is 1.30 bits per heavy atom. The lowest BCUT2D eigenvalue weighted by atomic mass is 9.90. The van der Waals surface area contributed by atoms with E-state index in [1.807, 2.05) is 32.0 Å². The number of nitrogens with zero attached hydrogens (tertiary/aromatic N) is 1. The lowest BCUT2D eigenvalue weighted by molar-refractivity contribution is -0.121. The maximum atomic E-state index is 12.4. The molecule has 0 unspecified atom stereocenters. The third kappa shape index (κ3) is 3.10. The van der Waals surface area contributed by atoms with Crippen LogP contribution in [0.3, 0.4) is 0 Å². The van der Waals surface area contributed by atoms with Gasteiger partial charge < -0.3 is 16.3 Å². The van der Waals surface area contributed by atoms with Crippen molar-refractivity contribution in [2.45, 2.75) is 40.5 Å². The second-order valence-electron chi connectivity index (χ2n) is 5.22. The molecule has 20 heavy (non-hydrogen) atoms. The molecular formula is C15H23N3O2. The average molecular weight is 277 g/mol. The molecule has 0 bridgehead atoms. The molecule has 0 atom stereocenters. The van der Waals surface area contributed by atoms with Crippen LogP contribution in [-0.4, -0.2) is 17.0 Å². The standard InChI is InChI=1S/C15H23N3O2/c1-5-10-8-7-9-11(6-2)12(10)17-14(19)15(3,4)13(16)18-20/h7-9,20H,5-6H2,1-4H3,(H2,16,18)(H,17,19). The summed E-state index contributed by atoms with van der Waals surface area (Å²) in [4.78, 5) is 12.4. The Balaban J connectivity index is 3.13.